The SMILES string of the molecule is Cc1ccn(C(C)C(=O)Nc2ccn(Cc3ccc(F)cc3Cl)n2)n1. The van der Waals surface area contributed by atoms with E-state index in [1.807, 2.05) is 13.0 Å². The van der Waals surface area contributed by atoms with Crippen LogP contribution in [0.5, 0.6) is 0 Å². The predicted molar refractivity (Wildman–Crippen MR) is 93.0 cm³/mol. The molecule has 3 aromatic rings. The molecule has 0 aliphatic carbocycles. The van der Waals surface area contributed by atoms with Gasteiger partial charge in [0.25, 0.3) is 0 Å². The molecule has 130 valence electrons. The standard InChI is InChI=1S/C17H17ClFN5O/c1-11-5-8-24(21-11)12(2)17(25)20-16-6-7-23(22-16)10-13-3-4-14(19)9-15(13)18/h3-9,12H,10H2,1-2H3,(H,20,22,25). The summed E-state index contributed by atoms with van der Waals surface area (Å²) in [5, 5.41) is 11.6. The molecule has 0 saturated heterocycles. The molecule has 3 rings (SSSR count). The normalized spacial score (nSPS) is 12.2. The summed E-state index contributed by atoms with van der Waals surface area (Å²) < 4.78 is 16.3. The number of benzene rings is 1. The van der Waals surface area contributed by atoms with E-state index in [-0.39, 0.29) is 11.7 Å². The molecule has 6 nitrogen and oxygen atoms in total. The first-order chi connectivity index (χ1) is 11.9. The number of nitrogens with one attached hydrogen (secondary N) is 1. The number of carbonyl (C=O) groups excluding carboxylic acids is 1. The van der Waals surface area contributed by atoms with Crippen LogP contribution >= 0.6 is 11.6 Å². The lowest BCUT2D eigenvalue weighted by molar-refractivity contribution is -0.119. The largest absolute Gasteiger partial charge is 0.307 e. The lowest BCUT2D eigenvalue weighted by Gasteiger charge is -2.11. The fourth-order valence-corrected chi connectivity index (χ4v) is 2.57. The maximum Gasteiger partial charge on any atom is 0.250 e. The Morgan fingerprint density at radius 3 is 2.76 bits per heavy atom. The van der Waals surface area contributed by atoms with E-state index in [4.69, 9.17) is 11.6 Å². The number of aryl methyl sites for hydroxylation is 1. The van der Waals surface area contributed by atoms with Crippen molar-refractivity contribution < 1.29 is 9.18 Å². The molecule has 1 amide bonds. The highest BCUT2D eigenvalue weighted by molar-refractivity contribution is 6.31. The van der Waals surface area contributed by atoms with Crippen molar-refractivity contribution in [3.8, 4) is 0 Å². The second-order valence-electron chi connectivity index (χ2n) is 5.74. The maximum atomic E-state index is 13.1. The van der Waals surface area contributed by atoms with Crippen LogP contribution in [-0.2, 0) is 11.3 Å². The Bertz CT molecular complexity index is 904. The van der Waals surface area contributed by atoms with Crippen LogP contribution in [0.25, 0.3) is 0 Å². The minimum Gasteiger partial charge on any atom is -0.307 e. The van der Waals surface area contributed by atoms with E-state index in [1.165, 1.54) is 12.1 Å². The van der Waals surface area contributed by atoms with Crippen LogP contribution in [0.2, 0.25) is 5.02 Å². The second kappa shape index (κ2) is 7.06. The van der Waals surface area contributed by atoms with E-state index in [0.29, 0.717) is 17.4 Å². The zero-order valence-corrected chi connectivity index (χ0v) is 14.5. The van der Waals surface area contributed by atoms with E-state index >= 15 is 0 Å². The highest BCUT2D eigenvalue weighted by Gasteiger charge is 2.16. The fourth-order valence-electron chi connectivity index (χ4n) is 2.34. The molecule has 0 bridgehead atoms. The van der Waals surface area contributed by atoms with Crippen molar-refractivity contribution in [1.29, 1.82) is 0 Å². The molecule has 0 aliphatic heterocycles. The molecular formula is C17H17ClFN5O. The molecular weight excluding hydrogens is 345 g/mol. The molecule has 1 aromatic carbocycles. The van der Waals surface area contributed by atoms with Crippen molar-refractivity contribution in [3.05, 3.63) is 64.8 Å². The van der Waals surface area contributed by atoms with E-state index in [9.17, 15) is 9.18 Å². The third kappa shape index (κ3) is 4.06. The summed E-state index contributed by atoms with van der Waals surface area (Å²) >= 11 is 6.02. The van der Waals surface area contributed by atoms with Gasteiger partial charge in [0.1, 0.15) is 11.9 Å². The smallest absolute Gasteiger partial charge is 0.250 e. The van der Waals surface area contributed by atoms with Gasteiger partial charge in [-0.15, -0.1) is 0 Å². The summed E-state index contributed by atoms with van der Waals surface area (Å²) in [6, 6.07) is 7.30. The van der Waals surface area contributed by atoms with Crippen LogP contribution < -0.4 is 5.32 Å². The lowest BCUT2D eigenvalue weighted by Crippen LogP contribution is -2.24. The first-order valence-electron chi connectivity index (χ1n) is 7.72. The number of aromatic nitrogens is 4. The molecule has 2 aromatic heterocycles. The van der Waals surface area contributed by atoms with Crippen molar-refractivity contribution in [2.75, 3.05) is 5.32 Å². The summed E-state index contributed by atoms with van der Waals surface area (Å²) in [5.74, 6) is -0.169. The molecule has 0 spiro atoms. The molecule has 25 heavy (non-hydrogen) atoms. The molecule has 1 atom stereocenters. The zero-order valence-electron chi connectivity index (χ0n) is 13.8. The second-order valence-corrected chi connectivity index (χ2v) is 6.14. The van der Waals surface area contributed by atoms with Crippen molar-refractivity contribution in [3.63, 3.8) is 0 Å². The third-order valence-corrected chi connectivity index (χ3v) is 4.11. The van der Waals surface area contributed by atoms with Crippen LogP contribution in [0.3, 0.4) is 0 Å². The molecule has 0 fully saturated rings. The highest BCUT2D eigenvalue weighted by atomic mass is 35.5. The number of amides is 1. The number of hydrogen-bond donors (Lipinski definition) is 1. The minimum atomic E-state index is -0.453. The first kappa shape index (κ1) is 17.2. The van der Waals surface area contributed by atoms with E-state index < -0.39 is 6.04 Å². The quantitative estimate of drug-likeness (QED) is 0.757. The molecule has 0 radical (unpaired) electrons. The minimum absolute atomic E-state index is 0.215. The molecule has 1 N–H and O–H groups in total. The van der Waals surface area contributed by atoms with Gasteiger partial charge < -0.3 is 5.32 Å². The van der Waals surface area contributed by atoms with E-state index in [2.05, 4.69) is 15.5 Å². The van der Waals surface area contributed by atoms with Crippen LogP contribution in [0.15, 0.2) is 42.7 Å². The molecule has 0 saturated carbocycles. The van der Waals surface area contributed by atoms with Gasteiger partial charge in [0, 0.05) is 23.5 Å². The average Bonchev–Trinajstić information content (AvgIpc) is 3.18. The van der Waals surface area contributed by atoms with Crippen molar-refractivity contribution >= 4 is 23.3 Å². The number of rotatable bonds is 5. The summed E-state index contributed by atoms with van der Waals surface area (Å²) in [4.78, 5) is 12.3. The summed E-state index contributed by atoms with van der Waals surface area (Å²) in [5.41, 5.74) is 1.59. The molecule has 1 unspecified atom stereocenters. The van der Waals surface area contributed by atoms with Crippen LogP contribution in [-0.4, -0.2) is 25.5 Å². The van der Waals surface area contributed by atoms with Crippen molar-refractivity contribution in [2.45, 2.75) is 26.4 Å². The van der Waals surface area contributed by atoms with Gasteiger partial charge in [0.15, 0.2) is 5.82 Å². The number of nitrogens with zero attached hydrogens (tertiary/aromatic N) is 4. The van der Waals surface area contributed by atoms with Crippen molar-refractivity contribution in [1.82, 2.24) is 19.6 Å². The number of carbonyl (C=O) groups is 1. The van der Waals surface area contributed by atoms with E-state index in [0.717, 1.165) is 11.3 Å². The Kier molecular flexibility index (Phi) is 4.85. The number of anilines is 1. The Labute approximate surface area is 149 Å². The van der Waals surface area contributed by atoms with Crippen LogP contribution in [0.1, 0.15) is 24.2 Å². The van der Waals surface area contributed by atoms with Crippen LogP contribution in [0.4, 0.5) is 10.2 Å². The Hall–Kier alpha value is -2.67. The van der Waals surface area contributed by atoms with E-state index in [1.54, 1.807) is 40.8 Å². The topological polar surface area (TPSA) is 64.7 Å². The first-order valence-corrected chi connectivity index (χ1v) is 8.10. The maximum absolute atomic E-state index is 13.1. The fraction of sp³-hybridized carbons (Fsp3) is 0.235. The Morgan fingerprint density at radius 1 is 1.28 bits per heavy atom. The van der Waals surface area contributed by atoms with Gasteiger partial charge in [0.2, 0.25) is 5.91 Å². The lowest BCUT2D eigenvalue weighted by atomic mass is 10.2. The van der Waals surface area contributed by atoms with Gasteiger partial charge in [-0.25, -0.2) is 4.39 Å². The van der Waals surface area contributed by atoms with Crippen molar-refractivity contribution in [2.24, 2.45) is 0 Å². The molecule has 2 heterocycles. The summed E-state index contributed by atoms with van der Waals surface area (Å²) in [6.07, 6.45) is 3.48. The van der Waals surface area contributed by atoms with Gasteiger partial charge in [-0.3, -0.25) is 14.2 Å². The van der Waals surface area contributed by atoms with Gasteiger partial charge in [0.05, 0.1) is 12.2 Å². The molecule has 8 heteroatoms. The highest BCUT2D eigenvalue weighted by Crippen LogP contribution is 2.19. The summed E-state index contributed by atoms with van der Waals surface area (Å²) in [6.45, 7) is 4.00. The van der Waals surface area contributed by atoms with Gasteiger partial charge >= 0.3 is 0 Å². The molecule has 0 aliphatic rings. The number of halogens is 2. The summed E-state index contributed by atoms with van der Waals surface area (Å²) in [7, 11) is 0. The third-order valence-electron chi connectivity index (χ3n) is 3.76. The Balaban J connectivity index is 1.66. The van der Waals surface area contributed by atoms with Gasteiger partial charge in [-0.1, -0.05) is 17.7 Å². The van der Waals surface area contributed by atoms with Gasteiger partial charge in [-0.05, 0) is 37.6 Å². The number of hydrogen-bond acceptors (Lipinski definition) is 3. The zero-order chi connectivity index (χ0) is 18.0. The monoisotopic (exact) mass is 361 g/mol. The van der Waals surface area contributed by atoms with Crippen LogP contribution in [0, 0.1) is 12.7 Å². The Morgan fingerprint density at radius 2 is 2.08 bits per heavy atom. The average molecular weight is 362 g/mol. The van der Waals surface area contributed by atoms with Gasteiger partial charge in [-0.2, -0.15) is 10.2 Å². The predicted octanol–water partition coefficient (Wildman–Crippen LogP) is 3.43.